The molecule has 13 heteroatoms. The van der Waals surface area contributed by atoms with Crippen LogP contribution in [0.15, 0.2) is 61.1 Å². The second-order valence-corrected chi connectivity index (χ2v) is 11.7. The van der Waals surface area contributed by atoms with Crippen LogP contribution in [0.4, 0.5) is 10.3 Å². The van der Waals surface area contributed by atoms with E-state index in [4.69, 9.17) is 24.9 Å². The van der Waals surface area contributed by atoms with Crippen LogP contribution in [-0.2, 0) is 30.3 Å². The van der Waals surface area contributed by atoms with Crippen LogP contribution in [0.25, 0.3) is 22.6 Å². The third-order valence-corrected chi connectivity index (χ3v) is 8.15. The number of anilines is 1. The van der Waals surface area contributed by atoms with Gasteiger partial charge in [-0.05, 0) is 74.6 Å². The van der Waals surface area contributed by atoms with E-state index in [0.717, 1.165) is 24.8 Å². The number of aromatic nitrogens is 5. The molecule has 45 heavy (non-hydrogen) atoms. The number of aromatic amines is 1. The summed E-state index contributed by atoms with van der Waals surface area (Å²) in [6.07, 6.45) is 7.42. The van der Waals surface area contributed by atoms with Crippen molar-refractivity contribution in [2.24, 2.45) is 11.1 Å². The first-order chi connectivity index (χ1) is 21.7. The van der Waals surface area contributed by atoms with Gasteiger partial charge in [-0.3, -0.25) is 14.6 Å². The van der Waals surface area contributed by atoms with Gasteiger partial charge in [-0.2, -0.15) is 0 Å². The Morgan fingerprint density at radius 2 is 1.82 bits per heavy atom. The summed E-state index contributed by atoms with van der Waals surface area (Å²) in [6.45, 7) is 2.07. The highest BCUT2D eigenvalue weighted by Gasteiger charge is 2.48. The van der Waals surface area contributed by atoms with E-state index in [1.54, 1.807) is 43.7 Å². The van der Waals surface area contributed by atoms with Gasteiger partial charge in [0, 0.05) is 30.7 Å². The number of hydrogen-bond acceptors (Lipinski definition) is 10. The van der Waals surface area contributed by atoms with Crippen molar-refractivity contribution in [1.82, 2.24) is 24.9 Å². The summed E-state index contributed by atoms with van der Waals surface area (Å²) in [5.41, 5.74) is 6.39. The summed E-state index contributed by atoms with van der Waals surface area (Å²) in [5.74, 6) is -0.878. The number of nitrogens with one attached hydrogen (secondary N) is 2. The van der Waals surface area contributed by atoms with Crippen molar-refractivity contribution in [3.05, 3.63) is 78.3 Å². The molecule has 0 radical (unpaired) electrons. The topological polar surface area (TPSA) is 167 Å². The molecule has 0 unspecified atom stereocenters. The van der Waals surface area contributed by atoms with Gasteiger partial charge in [-0.1, -0.05) is 12.5 Å². The molecule has 1 amide bonds. The maximum absolute atomic E-state index is 13.8. The fourth-order valence-electron chi connectivity index (χ4n) is 5.48. The minimum absolute atomic E-state index is 0.0385. The number of H-pyrrole nitrogens is 1. The SMILES string of the molecule is CC1(C(=O)OC2(C(N)=O)CCCCC2)COC(c2nc(-c3ccc(F)cc3)c(-c3ccnc(NCc4cccnc4)n3)[nH]2)OC1. The van der Waals surface area contributed by atoms with Crippen molar-refractivity contribution >= 4 is 17.8 Å². The van der Waals surface area contributed by atoms with Crippen LogP contribution in [0.2, 0.25) is 0 Å². The predicted octanol–water partition coefficient (Wildman–Crippen LogP) is 4.46. The number of primary amides is 1. The Morgan fingerprint density at radius 3 is 2.51 bits per heavy atom. The summed E-state index contributed by atoms with van der Waals surface area (Å²) < 4.78 is 31.6. The Bertz CT molecular complexity index is 1650. The molecule has 4 heterocycles. The fourth-order valence-corrected chi connectivity index (χ4v) is 5.48. The zero-order chi connectivity index (χ0) is 31.4. The minimum atomic E-state index is -1.31. The lowest BCUT2D eigenvalue weighted by Gasteiger charge is -2.39. The number of amides is 1. The van der Waals surface area contributed by atoms with Crippen molar-refractivity contribution < 1.29 is 28.2 Å². The Labute approximate surface area is 259 Å². The van der Waals surface area contributed by atoms with Crippen molar-refractivity contribution in [1.29, 1.82) is 0 Å². The monoisotopic (exact) mass is 615 g/mol. The number of imidazole rings is 1. The summed E-state index contributed by atoms with van der Waals surface area (Å²) in [4.78, 5) is 46.7. The maximum atomic E-state index is 13.8. The van der Waals surface area contributed by atoms with Gasteiger partial charge in [0.1, 0.15) is 11.2 Å². The van der Waals surface area contributed by atoms with Crippen LogP contribution < -0.4 is 11.1 Å². The number of rotatable bonds is 9. The first-order valence-electron chi connectivity index (χ1n) is 14.8. The lowest BCUT2D eigenvalue weighted by Crippen LogP contribution is -2.53. The summed E-state index contributed by atoms with van der Waals surface area (Å²) >= 11 is 0. The second kappa shape index (κ2) is 12.7. The maximum Gasteiger partial charge on any atom is 0.317 e. The molecule has 6 rings (SSSR count). The molecule has 234 valence electrons. The highest BCUT2D eigenvalue weighted by Crippen LogP contribution is 2.38. The number of carbonyl (C=O) groups is 2. The predicted molar refractivity (Wildman–Crippen MR) is 160 cm³/mol. The van der Waals surface area contributed by atoms with Gasteiger partial charge in [-0.15, -0.1) is 0 Å². The van der Waals surface area contributed by atoms with E-state index in [-0.39, 0.29) is 19.0 Å². The van der Waals surface area contributed by atoms with Crippen molar-refractivity contribution in [2.45, 2.75) is 57.5 Å². The smallest absolute Gasteiger partial charge is 0.317 e. The second-order valence-electron chi connectivity index (χ2n) is 11.7. The zero-order valence-corrected chi connectivity index (χ0v) is 24.8. The van der Waals surface area contributed by atoms with Crippen LogP contribution in [0.1, 0.15) is 56.7 Å². The van der Waals surface area contributed by atoms with E-state index < -0.39 is 29.2 Å². The van der Waals surface area contributed by atoms with E-state index in [2.05, 4.69) is 25.3 Å². The molecule has 0 bridgehead atoms. The highest BCUT2D eigenvalue weighted by atomic mass is 19.1. The molecule has 2 aliphatic rings. The van der Waals surface area contributed by atoms with Crippen LogP contribution in [0.5, 0.6) is 0 Å². The number of nitrogens with two attached hydrogens (primary N) is 1. The van der Waals surface area contributed by atoms with Gasteiger partial charge >= 0.3 is 5.97 Å². The summed E-state index contributed by atoms with van der Waals surface area (Å²) in [7, 11) is 0. The normalized spacial score (nSPS) is 21.2. The van der Waals surface area contributed by atoms with Gasteiger partial charge in [-0.25, -0.2) is 19.3 Å². The molecule has 0 atom stereocenters. The number of halogens is 1. The van der Waals surface area contributed by atoms with Gasteiger partial charge in [0.2, 0.25) is 12.2 Å². The molecule has 12 nitrogen and oxygen atoms in total. The third-order valence-electron chi connectivity index (χ3n) is 8.15. The first kappa shape index (κ1) is 30.3. The molecular weight excluding hydrogens is 581 g/mol. The summed E-state index contributed by atoms with van der Waals surface area (Å²) in [6, 6.07) is 11.5. The molecule has 3 aromatic heterocycles. The van der Waals surface area contributed by atoms with E-state index in [9.17, 15) is 14.0 Å². The minimum Gasteiger partial charge on any atom is -0.448 e. The van der Waals surface area contributed by atoms with Crippen LogP contribution in [-0.4, -0.2) is 55.6 Å². The van der Waals surface area contributed by atoms with E-state index in [1.165, 1.54) is 12.1 Å². The van der Waals surface area contributed by atoms with E-state index in [0.29, 0.717) is 53.8 Å². The Hall–Kier alpha value is -4.75. The number of hydrogen-bond donors (Lipinski definition) is 3. The van der Waals surface area contributed by atoms with Gasteiger partial charge in [0.25, 0.3) is 5.91 Å². The fraction of sp³-hybridized carbons (Fsp3) is 0.375. The average Bonchev–Trinajstić information content (AvgIpc) is 3.51. The van der Waals surface area contributed by atoms with Crippen molar-refractivity contribution in [3.63, 3.8) is 0 Å². The molecule has 4 aromatic rings. The average molecular weight is 616 g/mol. The molecule has 1 saturated carbocycles. The van der Waals surface area contributed by atoms with E-state index >= 15 is 0 Å². The molecular formula is C32H34FN7O5. The number of esters is 1. The number of carbonyl (C=O) groups excluding carboxylic acids is 2. The van der Waals surface area contributed by atoms with Crippen molar-refractivity contribution in [3.8, 4) is 22.6 Å². The number of nitrogens with zero attached hydrogens (tertiary/aromatic N) is 4. The molecule has 1 saturated heterocycles. The third kappa shape index (κ3) is 6.54. The number of pyridine rings is 1. The Morgan fingerprint density at radius 1 is 1.07 bits per heavy atom. The standard InChI is InChI=1S/C32H34FN7O5/c1-31(29(42)45-32(28(34)41)12-3-2-4-13-32)18-43-27(44-19-31)26-39-24(21-7-9-22(33)10-8-21)25(40-26)23-11-15-36-30(38-23)37-17-20-6-5-14-35-16-20/h5-11,14-16,27H,2-4,12-13,17-19H2,1H3,(H2,34,41)(H,39,40)(H,36,37,38). The molecule has 1 aliphatic carbocycles. The van der Waals surface area contributed by atoms with E-state index in [1.807, 2.05) is 12.1 Å². The van der Waals surface area contributed by atoms with Gasteiger partial charge < -0.3 is 30.2 Å². The van der Waals surface area contributed by atoms with Gasteiger partial charge in [0.15, 0.2) is 11.4 Å². The zero-order valence-electron chi connectivity index (χ0n) is 24.8. The van der Waals surface area contributed by atoms with Crippen LogP contribution >= 0.6 is 0 Å². The van der Waals surface area contributed by atoms with Crippen molar-refractivity contribution in [2.75, 3.05) is 18.5 Å². The Balaban J connectivity index is 1.22. The molecule has 2 fully saturated rings. The number of benzene rings is 1. The summed E-state index contributed by atoms with van der Waals surface area (Å²) in [5, 5.41) is 3.20. The van der Waals surface area contributed by atoms with Crippen LogP contribution in [0.3, 0.4) is 0 Å². The highest BCUT2D eigenvalue weighted by molar-refractivity contribution is 5.88. The lowest BCUT2D eigenvalue weighted by molar-refractivity contribution is -0.243. The molecule has 4 N–H and O–H groups in total. The molecule has 1 aromatic carbocycles. The number of ether oxygens (including phenoxy) is 3. The quantitative estimate of drug-likeness (QED) is 0.229. The largest absolute Gasteiger partial charge is 0.448 e. The van der Waals surface area contributed by atoms with Gasteiger partial charge in [0.05, 0.1) is 30.3 Å². The molecule has 0 spiro atoms. The van der Waals surface area contributed by atoms with Crippen LogP contribution in [0, 0.1) is 11.2 Å². The molecule has 1 aliphatic heterocycles. The Kier molecular flexibility index (Phi) is 8.55. The lowest BCUT2D eigenvalue weighted by atomic mass is 9.83. The first-order valence-corrected chi connectivity index (χ1v) is 14.8.